The molecule has 3 heterocycles. The molecular formula is C17H16F3N5OS. The molecule has 0 aliphatic heterocycles. The molecular weight excluding hydrogens is 379 g/mol. The number of anilines is 1. The Morgan fingerprint density at radius 3 is 2.52 bits per heavy atom. The van der Waals surface area contributed by atoms with E-state index in [2.05, 4.69) is 25.3 Å². The van der Waals surface area contributed by atoms with Crippen LogP contribution in [0, 0.1) is 0 Å². The van der Waals surface area contributed by atoms with Gasteiger partial charge in [0.05, 0.1) is 5.39 Å². The lowest BCUT2D eigenvalue weighted by molar-refractivity contribution is -0.141. The summed E-state index contributed by atoms with van der Waals surface area (Å²) in [6.45, 7) is 3.37. The molecule has 0 saturated carbocycles. The molecule has 0 aromatic carbocycles. The third-order valence-electron chi connectivity index (χ3n) is 3.66. The van der Waals surface area contributed by atoms with Crippen molar-refractivity contribution in [1.82, 2.24) is 19.9 Å². The van der Waals surface area contributed by atoms with Crippen molar-refractivity contribution in [2.24, 2.45) is 0 Å². The van der Waals surface area contributed by atoms with Crippen LogP contribution >= 0.6 is 0 Å². The van der Waals surface area contributed by atoms with Gasteiger partial charge < -0.3 is 9.87 Å². The van der Waals surface area contributed by atoms with Crippen LogP contribution in [0.5, 0.6) is 0 Å². The molecule has 0 spiro atoms. The molecule has 1 N–H and O–H groups in total. The minimum Gasteiger partial charge on any atom is -0.609 e. The number of nitrogens with one attached hydrogen (secondary N) is 1. The minimum absolute atomic E-state index is 0.0211. The van der Waals surface area contributed by atoms with Gasteiger partial charge in [0.15, 0.2) is 5.65 Å². The lowest BCUT2D eigenvalue weighted by Crippen LogP contribution is -2.19. The van der Waals surface area contributed by atoms with Crippen molar-refractivity contribution < 1.29 is 17.7 Å². The molecule has 0 saturated heterocycles. The predicted molar refractivity (Wildman–Crippen MR) is 95.4 cm³/mol. The fourth-order valence-corrected chi connectivity index (χ4v) is 3.17. The third-order valence-corrected chi connectivity index (χ3v) is 5.06. The number of aromatic nitrogens is 4. The van der Waals surface area contributed by atoms with E-state index in [0.29, 0.717) is 11.0 Å². The number of hydrogen-bond acceptors (Lipinski definition) is 6. The first-order valence-electron chi connectivity index (χ1n) is 8.05. The van der Waals surface area contributed by atoms with Gasteiger partial charge in [0.1, 0.15) is 16.8 Å². The van der Waals surface area contributed by atoms with Crippen LogP contribution < -0.4 is 5.32 Å². The van der Waals surface area contributed by atoms with Crippen LogP contribution in [0.25, 0.3) is 11.0 Å². The summed E-state index contributed by atoms with van der Waals surface area (Å²) in [6.07, 6.45) is -1.93. The van der Waals surface area contributed by atoms with Gasteiger partial charge in [-0.05, 0) is 32.0 Å². The fourth-order valence-electron chi connectivity index (χ4n) is 2.39. The zero-order valence-electron chi connectivity index (χ0n) is 14.5. The smallest absolute Gasteiger partial charge is 0.433 e. The van der Waals surface area contributed by atoms with E-state index in [1.54, 1.807) is 26.0 Å². The van der Waals surface area contributed by atoms with E-state index in [1.165, 1.54) is 18.3 Å². The Labute approximate surface area is 156 Å². The molecule has 0 aliphatic carbocycles. The maximum Gasteiger partial charge on any atom is 0.433 e. The van der Waals surface area contributed by atoms with E-state index in [4.69, 9.17) is 0 Å². The van der Waals surface area contributed by atoms with Gasteiger partial charge in [0, 0.05) is 35.7 Å². The van der Waals surface area contributed by atoms with E-state index in [9.17, 15) is 17.7 Å². The molecule has 1 unspecified atom stereocenters. The number of pyridine rings is 2. The monoisotopic (exact) mass is 395 g/mol. The highest BCUT2D eigenvalue weighted by Crippen LogP contribution is 2.30. The van der Waals surface area contributed by atoms with Gasteiger partial charge >= 0.3 is 11.3 Å². The Kier molecular flexibility index (Phi) is 5.47. The lowest BCUT2D eigenvalue weighted by Gasteiger charge is -2.15. The van der Waals surface area contributed by atoms with Crippen LogP contribution in [0.1, 0.15) is 25.1 Å². The average molecular weight is 395 g/mol. The van der Waals surface area contributed by atoms with E-state index in [-0.39, 0.29) is 28.3 Å². The van der Waals surface area contributed by atoms with Crippen LogP contribution in [0.3, 0.4) is 0 Å². The van der Waals surface area contributed by atoms with Crippen molar-refractivity contribution in [3.63, 3.8) is 0 Å². The van der Waals surface area contributed by atoms with Crippen LogP contribution in [0.15, 0.2) is 41.8 Å². The first-order chi connectivity index (χ1) is 12.8. The second kappa shape index (κ2) is 7.65. The molecule has 10 heteroatoms. The molecule has 0 bridgehead atoms. The van der Waals surface area contributed by atoms with Gasteiger partial charge in [-0.25, -0.2) is 4.98 Å². The molecule has 0 aliphatic rings. The summed E-state index contributed by atoms with van der Waals surface area (Å²) in [5, 5.41) is 3.28. The first-order valence-corrected chi connectivity index (χ1v) is 9.27. The van der Waals surface area contributed by atoms with E-state index in [1.807, 2.05) is 0 Å². The average Bonchev–Trinajstić information content (AvgIpc) is 2.64. The molecule has 1 atom stereocenters. The second-order valence-corrected chi connectivity index (χ2v) is 7.84. The van der Waals surface area contributed by atoms with E-state index < -0.39 is 23.0 Å². The van der Waals surface area contributed by atoms with Gasteiger partial charge in [-0.3, -0.25) is 4.98 Å². The number of hydrogen-bond donors (Lipinski definition) is 1. The SMILES string of the molecule is CC(C)[S+]([O-])c1nc(NCc2cccnc2C(F)(F)F)c2cccnc2n1. The highest BCUT2D eigenvalue weighted by Gasteiger charge is 2.35. The quantitative estimate of drug-likeness (QED) is 0.525. The van der Waals surface area contributed by atoms with Gasteiger partial charge in [-0.1, -0.05) is 6.07 Å². The van der Waals surface area contributed by atoms with Crippen molar-refractivity contribution in [1.29, 1.82) is 0 Å². The minimum atomic E-state index is -4.56. The second-order valence-electron chi connectivity index (χ2n) is 5.94. The van der Waals surface area contributed by atoms with Gasteiger partial charge in [-0.15, -0.1) is 0 Å². The molecule has 27 heavy (non-hydrogen) atoms. The standard InChI is InChI=1S/C17H16F3N5OS/c1-10(2)27(26)16-24-14-12(6-4-8-22-14)15(25-16)23-9-11-5-3-7-21-13(11)17(18,19)20/h3-8,10H,9H2,1-2H3,(H,22,23,24,25). The van der Waals surface area contributed by atoms with Gasteiger partial charge in [0.25, 0.3) is 0 Å². The maximum absolute atomic E-state index is 13.1. The normalized spacial score (nSPS) is 13.1. The Morgan fingerprint density at radius 2 is 1.81 bits per heavy atom. The summed E-state index contributed by atoms with van der Waals surface area (Å²) in [4.78, 5) is 16.1. The van der Waals surface area contributed by atoms with E-state index >= 15 is 0 Å². The Morgan fingerprint density at radius 1 is 1.11 bits per heavy atom. The highest BCUT2D eigenvalue weighted by molar-refractivity contribution is 7.91. The summed E-state index contributed by atoms with van der Waals surface area (Å²) in [6, 6.07) is 6.14. The van der Waals surface area contributed by atoms with Crippen LogP contribution in [0.2, 0.25) is 0 Å². The highest BCUT2D eigenvalue weighted by atomic mass is 32.2. The summed E-state index contributed by atoms with van der Waals surface area (Å²) in [5.41, 5.74) is -0.659. The number of rotatable bonds is 5. The van der Waals surface area contributed by atoms with Gasteiger partial charge in [0.2, 0.25) is 0 Å². The van der Waals surface area contributed by atoms with Crippen molar-refractivity contribution in [2.75, 3.05) is 5.32 Å². The molecule has 0 radical (unpaired) electrons. The molecule has 3 rings (SSSR count). The fraction of sp³-hybridized carbons (Fsp3) is 0.294. The lowest BCUT2D eigenvalue weighted by atomic mass is 10.2. The molecule has 142 valence electrons. The zero-order valence-corrected chi connectivity index (χ0v) is 15.3. The van der Waals surface area contributed by atoms with Crippen LogP contribution in [-0.2, 0) is 23.9 Å². The van der Waals surface area contributed by atoms with Crippen molar-refractivity contribution in [3.8, 4) is 0 Å². The summed E-state index contributed by atoms with van der Waals surface area (Å²) < 4.78 is 51.7. The first kappa shape index (κ1) is 19.3. The summed E-state index contributed by atoms with van der Waals surface area (Å²) in [5.74, 6) is 0.272. The predicted octanol–water partition coefficient (Wildman–Crippen LogP) is 3.57. The molecule has 0 amide bonds. The van der Waals surface area contributed by atoms with Gasteiger partial charge in [-0.2, -0.15) is 23.1 Å². The van der Waals surface area contributed by atoms with E-state index in [0.717, 1.165) is 6.20 Å². The topological polar surface area (TPSA) is 86.7 Å². The summed E-state index contributed by atoms with van der Waals surface area (Å²) in [7, 11) is 0. The number of alkyl halides is 3. The Bertz CT molecular complexity index is 951. The maximum atomic E-state index is 13.1. The van der Waals surface area contributed by atoms with Crippen molar-refractivity contribution in [2.45, 2.75) is 37.0 Å². The molecule has 0 fully saturated rings. The summed E-state index contributed by atoms with van der Waals surface area (Å²) >= 11 is -1.46. The van der Waals surface area contributed by atoms with Crippen LogP contribution in [-0.4, -0.2) is 29.7 Å². The number of halogens is 3. The Balaban J connectivity index is 1.98. The number of fused-ring (bicyclic) bond motifs is 1. The molecule has 6 nitrogen and oxygen atoms in total. The molecule has 3 aromatic heterocycles. The number of nitrogens with zero attached hydrogens (tertiary/aromatic N) is 4. The van der Waals surface area contributed by atoms with Crippen molar-refractivity contribution in [3.05, 3.63) is 47.9 Å². The van der Waals surface area contributed by atoms with Crippen molar-refractivity contribution >= 4 is 28.0 Å². The zero-order chi connectivity index (χ0) is 19.6. The molecule has 3 aromatic rings. The largest absolute Gasteiger partial charge is 0.609 e. The van der Waals surface area contributed by atoms with Crippen LogP contribution in [0.4, 0.5) is 19.0 Å². The third kappa shape index (κ3) is 4.28. The Hall–Kier alpha value is -2.46.